The summed E-state index contributed by atoms with van der Waals surface area (Å²) in [5.74, 6) is 0.318. The van der Waals surface area contributed by atoms with Crippen LogP contribution in [-0.2, 0) is 4.79 Å². The molecule has 5 heteroatoms. The molecule has 4 nitrogen and oxygen atoms in total. The van der Waals surface area contributed by atoms with Crippen molar-refractivity contribution in [3.63, 3.8) is 0 Å². The van der Waals surface area contributed by atoms with Crippen molar-refractivity contribution in [1.82, 2.24) is 9.80 Å². The molecule has 2 rings (SSSR count). The van der Waals surface area contributed by atoms with Crippen molar-refractivity contribution < 1.29 is 4.79 Å². The molecule has 124 valence electrons. The number of carbonyl (C=O) groups is 1. The number of nitrogens with zero attached hydrogens (tertiary/aromatic N) is 2. The average Bonchev–Trinajstić information content (AvgIpc) is 2.69. The van der Waals surface area contributed by atoms with Gasteiger partial charge in [-0.05, 0) is 31.6 Å². The molecule has 2 heterocycles. The van der Waals surface area contributed by atoms with Gasteiger partial charge in [0.2, 0.25) is 5.91 Å². The van der Waals surface area contributed by atoms with Gasteiger partial charge in [-0.2, -0.15) is 0 Å². The maximum Gasteiger partial charge on any atom is 0.239 e. The van der Waals surface area contributed by atoms with Gasteiger partial charge in [-0.1, -0.05) is 26.7 Å². The van der Waals surface area contributed by atoms with Gasteiger partial charge in [0.05, 0.1) is 6.04 Å². The minimum atomic E-state index is -0.000116. The number of piperidine rings is 1. The summed E-state index contributed by atoms with van der Waals surface area (Å²) in [6, 6.07) is 0.249. The Hall–Kier alpha value is -0.320. The van der Waals surface area contributed by atoms with E-state index in [1.165, 1.54) is 12.8 Å². The topological polar surface area (TPSA) is 49.6 Å². The summed E-state index contributed by atoms with van der Waals surface area (Å²) in [6.07, 6.45) is 5.85. The molecule has 0 aromatic heterocycles. The first-order valence-electron chi connectivity index (χ1n) is 8.20. The van der Waals surface area contributed by atoms with Gasteiger partial charge in [-0.3, -0.25) is 9.69 Å². The van der Waals surface area contributed by atoms with E-state index in [0.29, 0.717) is 5.91 Å². The second kappa shape index (κ2) is 7.80. The first kappa shape index (κ1) is 18.7. The van der Waals surface area contributed by atoms with Gasteiger partial charge < -0.3 is 10.6 Å². The first-order valence-corrected chi connectivity index (χ1v) is 8.20. The largest absolute Gasteiger partial charge is 0.341 e. The molecule has 2 aliphatic heterocycles. The van der Waals surface area contributed by atoms with Crippen LogP contribution in [0.2, 0.25) is 0 Å². The number of halogens is 1. The molecule has 0 radical (unpaired) electrons. The predicted molar refractivity (Wildman–Crippen MR) is 89.7 cm³/mol. The highest BCUT2D eigenvalue weighted by Gasteiger charge is 2.37. The SMILES string of the molecule is CC(C(=O)N1CCCCCC1)N1CCC(N)C(C)(C)C1.Cl. The van der Waals surface area contributed by atoms with Gasteiger partial charge in [0.15, 0.2) is 0 Å². The van der Waals surface area contributed by atoms with Crippen LogP contribution in [0.5, 0.6) is 0 Å². The normalized spacial score (nSPS) is 28.4. The number of carbonyl (C=O) groups excluding carboxylic acids is 1. The molecule has 2 aliphatic rings. The second-order valence-corrected chi connectivity index (χ2v) is 7.27. The highest BCUT2D eigenvalue weighted by molar-refractivity contribution is 5.85. The lowest BCUT2D eigenvalue weighted by Crippen LogP contribution is -2.57. The van der Waals surface area contributed by atoms with Gasteiger partial charge in [-0.15, -0.1) is 12.4 Å². The zero-order valence-electron chi connectivity index (χ0n) is 13.8. The fourth-order valence-corrected chi connectivity index (χ4v) is 3.46. The van der Waals surface area contributed by atoms with Gasteiger partial charge in [0, 0.05) is 32.2 Å². The summed E-state index contributed by atoms with van der Waals surface area (Å²) >= 11 is 0. The van der Waals surface area contributed by atoms with Crippen LogP contribution < -0.4 is 5.73 Å². The zero-order valence-corrected chi connectivity index (χ0v) is 14.6. The van der Waals surface area contributed by atoms with E-state index in [4.69, 9.17) is 5.73 Å². The Morgan fingerprint density at radius 3 is 2.24 bits per heavy atom. The second-order valence-electron chi connectivity index (χ2n) is 7.27. The number of amides is 1. The summed E-state index contributed by atoms with van der Waals surface area (Å²) in [7, 11) is 0. The van der Waals surface area contributed by atoms with Crippen LogP contribution in [0.3, 0.4) is 0 Å². The van der Waals surface area contributed by atoms with Crippen LogP contribution in [0.1, 0.15) is 52.9 Å². The fourth-order valence-electron chi connectivity index (χ4n) is 3.46. The third-order valence-corrected chi connectivity index (χ3v) is 5.16. The molecule has 2 fully saturated rings. The third kappa shape index (κ3) is 4.57. The quantitative estimate of drug-likeness (QED) is 0.850. The molecule has 0 aromatic rings. The van der Waals surface area contributed by atoms with E-state index in [2.05, 4.69) is 30.6 Å². The summed E-state index contributed by atoms with van der Waals surface area (Å²) in [4.78, 5) is 17.1. The predicted octanol–water partition coefficient (Wildman–Crippen LogP) is 2.26. The van der Waals surface area contributed by atoms with Crippen molar-refractivity contribution in [3.05, 3.63) is 0 Å². The van der Waals surface area contributed by atoms with Crippen LogP contribution in [-0.4, -0.2) is 54.0 Å². The minimum Gasteiger partial charge on any atom is -0.341 e. The Bertz CT molecular complexity index is 340. The van der Waals surface area contributed by atoms with Crippen LogP contribution in [0.4, 0.5) is 0 Å². The molecule has 2 unspecified atom stereocenters. The van der Waals surface area contributed by atoms with Gasteiger partial charge in [0.1, 0.15) is 0 Å². The number of rotatable bonds is 2. The average molecular weight is 318 g/mol. The maximum atomic E-state index is 12.7. The lowest BCUT2D eigenvalue weighted by molar-refractivity contribution is -0.137. The van der Waals surface area contributed by atoms with Crippen LogP contribution >= 0.6 is 12.4 Å². The Balaban J connectivity index is 0.00000220. The molecule has 0 bridgehead atoms. The third-order valence-electron chi connectivity index (χ3n) is 5.16. The lowest BCUT2D eigenvalue weighted by atomic mass is 9.79. The summed E-state index contributed by atoms with van der Waals surface area (Å²) in [6.45, 7) is 10.3. The van der Waals surface area contributed by atoms with Crippen molar-refractivity contribution in [2.24, 2.45) is 11.1 Å². The highest BCUT2D eigenvalue weighted by atomic mass is 35.5. The van der Waals surface area contributed by atoms with E-state index in [1.54, 1.807) is 0 Å². The van der Waals surface area contributed by atoms with E-state index in [1.807, 2.05) is 0 Å². The molecule has 2 atom stereocenters. The summed E-state index contributed by atoms with van der Waals surface area (Å²) in [5, 5.41) is 0. The molecule has 2 saturated heterocycles. The lowest BCUT2D eigenvalue weighted by Gasteiger charge is -2.45. The van der Waals surface area contributed by atoms with Crippen LogP contribution in [0.25, 0.3) is 0 Å². The standard InChI is InChI=1S/C16H31N3O.ClH/c1-13(15(20)18-9-6-4-5-7-10-18)19-11-8-14(17)16(2,3)12-19;/h13-14H,4-12,17H2,1-3H3;1H. The number of hydrogen-bond acceptors (Lipinski definition) is 3. The summed E-state index contributed by atoms with van der Waals surface area (Å²) in [5.41, 5.74) is 6.30. The molecular weight excluding hydrogens is 286 g/mol. The maximum absolute atomic E-state index is 12.7. The van der Waals surface area contributed by atoms with Crippen LogP contribution in [0.15, 0.2) is 0 Å². The molecule has 2 N–H and O–H groups in total. The molecule has 0 aromatic carbocycles. The van der Waals surface area contributed by atoms with E-state index >= 15 is 0 Å². The van der Waals surface area contributed by atoms with Crippen LogP contribution in [0, 0.1) is 5.41 Å². The Kier molecular flexibility index (Phi) is 6.95. The monoisotopic (exact) mass is 317 g/mol. The first-order chi connectivity index (χ1) is 9.42. The molecule has 0 spiro atoms. The van der Waals surface area contributed by atoms with Crippen molar-refractivity contribution in [1.29, 1.82) is 0 Å². The Morgan fingerprint density at radius 2 is 1.71 bits per heavy atom. The highest BCUT2D eigenvalue weighted by Crippen LogP contribution is 2.29. The van der Waals surface area contributed by atoms with Crippen molar-refractivity contribution in [2.75, 3.05) is 26.2 Å². The van der Waals surface area contributed by atoms with Gasteiger partial charge >= 0.3 is 0 Å². The minimum absolute atomic E-state index is 0. The molecule has 0 saturated carbocycles. The van der Waals surface area contributed by atoms with Gasteiger partial charge in [0.25, 0.3) is 0 Å². The van der Waals surface area contributed by atoms with E-state index < -0.39 is 0 Å². The molecule has 0 aliphatic carbocycles. The smallest absolute Gasteiger partial charge is 0.239 e. The number of hydrogen-bond donors (Lipinski definition) is 1. The zero-order chi connectivity index (χ0) is 14.8. The number of likely N-dealkylation sites (tertiary alicyclic amines) is 2. The fraction of sp³-hybridized carbons (Fsp3) is 0.938. The molecule has 21 heavy (non-hydrogen) atoms. The van der Waals surface area contributed by atoms with Crippen molar-refractivity contribution >= 4 is 18.3 Å². The Morgan fingerprint density at radius 1 is 1.14 bits per heavy atom. The van der Waals surface area contributed by atoms with Crippen molar-refractivity contribution in [3.8, 4) is 0 Å². The number of nitrogens with two attached hydrogens (primary N) is 1. The molecular formula is C16H32ClN3O. The van der Waals surface area contributed by atoms with Crippen molar-refractivity contribution in [2.45, 2.75) is 65.0 Å². The van der Waals surface area contributed by atoms with E-state index in [9.17, 15) is 4.79 Å². The molecule has 1 amide bonds. The Labute approximate surface area is 135 Å². The summed E-state index contributed by atoms with van der Waals surface area (Å²) < 4.78 is 0. The van der Waals surface area contributed by atoms with Gasteiger partial charge in [-0.25, -0.2) is 0 Å². The van der Waals surface area contributed by atoms with E-state index in [0.717, 1.165) is 45.4 Å². The van der Waals surface area contributed by atoms with E-state index in [-0.39, 0.29) is 29.9 Å².